The summed E-state index contributed by atoms with van der Waals surface area (Å²) < 4.78 is 5.58. The first kappa shape index (κ1) is 10.8. The van der Waals surface area contributed by atoms with Crippen LogP contribution in [-0.2, 0) is 0 Å². The summed E-state index contributed by atoms with van der Waals surface area (Å²) in [4.78, 5) is 0. The van der Waals surface area contributed by atoms with Crippen LogP contribution >= 0.6 is 17.0 Å². The molecule has 0 bridgehead atoms. The van der Waals surface area contributed by atoms with Crippen molar-refractivity contribution in [3.8, 4) is 11.5 Å². The molecule has 0 heterocycles. The van der Waals surface area contributed by atoms with E-state index in [0.717, 1.165) is 11.5 Å². The number of rotatable bonds is 2. The highest BCUT2D eigenvalue weighted by atomic mass is 79.9. The van der Waals surface area contributed by atoms with Crippen LogP contribution in [0.15, 0.2) is 60.7 Å². The van der Waals surface area contributed by atoms with Crippen LogP contribution in [0.25, 0.3) is 0 Å². The fourth-order valence-corrected chi connectivity index (χ4v) is 1.11. The first-order chi connectivity index (χ1) is 6.45. The summed E-state index contributed by atoms with van der Waals surface area (Å²) in [7, 11) is 0. The highest BCUT2D eigenvalue weighted by Gasteiger charge is 1.92. The van der Waals surface area contributed by atoms with Crippen LogP contribution in [0.1, 0.15) is 0 Å². The maximum atomic E-state index is 5.58. The van der Waals surface area contributed by atoms with Crippen molar-refractivity contribution >= 4 is 17.0 Å². The molecule has 0 aromatic heterocycles. The zero-order chi connectivity index (χ0) is 8.93. The van der Waals surface area contributed by atoms with E-state index in [9.17, 15) is 0 Å². The van der Waals surface area contributed by atoms with Crippen molar-refractivity contribution < 1.29 is 4.74 Å². The van der Waals surface area contributed by atoms with Crippen LogP contribution in [0, 0.1) is 0 Å². The predicted octanol–water partition coefficient (Wildman–Crippen LogP) is 4.06. The molecule has 0 aliphatic carbocycles. The molecule has 0 saturated heterocycles. The minimum atomic E-state index is 0. The highest BCUT2D eigenvalue weighted by Crippen LogP contribution is 2.19. The molecule has 0 atom stereocenters. The fourth-order valence-electron chi connectivity index (χ4n) is 1.11. The summed E-state index contributed by atoms with van der Waals surface area (Å²) in [6.45, 7) is 0. The molecule has 14 heavy (non-hydrogen) atoms. The third kappa shape index (κ3) is 2.89. The molecule has 0 unspecified atom stereocenters. The van der Waals surface area contributed by atoms with Crippen molar-refractivity contribution in [2.75, 3.05) is 0 Å². The van der Waals surface area contributed by atoms with Gasteiger partial charge in [0.05, 0.1) is 0 Å². The Balaban J connectivity index is 0.000000980. The molecule has 0 saturated carbocycles. The number of ether oxygens (including phenoxy) is 1. The molecule has 1 nitrogen and oxygen atoms in total. The number of para-hydroxylation sites is 2. The third-order valence-corrected chi connectivity index (χ3v) is 1.72. The number of benzene rings is 2. The summed E-state index contributed by atoms with van der Waals surface area (Å²) in [6, 6.07) is 19.5. The van der Waals surface area contributed by atoms with Gasteiger partial charge >= 0.3 is 0 Å². The van der Waals surface area contributed by atoms with Crippen molar-refractivity contribution in [1.82, 2.24) is 0 Å². The second kappa shape index (κ2) is 5.45. The standard InChI is InChI=1S/C12H10O.BrH/c1-3-7-11(8-4-1)13-12-9-5-2-6-10-12;/h1-10H;1H. The van der Waals surface area contributed by atoms with Crippen molar-refractivity contribution in [2.45, 2.75) is 0 Å². The van der Waals surface area contributed by atoms with Gasteiger partial charge in [0.25, 0.3) is 0 Å². The quantitative estimate of drug-likeness (QED) is 0.782. The third-order valence-electron chi connectivity index (χ3n) is 1.72. The maximum absolute atomic E-state index is 5.58. The number of hydrogen-bond donors (Lipinski definition) is 0. The number of hydrogen-bond acceptors (Lipinski definition) is 1. The van der Waals surface area contributed by atoms with E-state index in [0.29, 0.717) is 0 Å². The molecular weight excluding hydrogens is 240 g/mol. The molecule has 0 spiro atoms. The molecule has 0 amide bonds. The minimum Gasteiger partial charge on any atom is -0.457 e. The van der Waals surface area contributed by atoms with E-state index in [1.165, 1.54) is 0 Å². The lowest BCUT2D eigenvalue weighted by molar-refractivity contribution is 0.482. The molecule has 2 heteroatoms. The van der Waals surface area contributed by atoms with Gasteiger partial charge in [-0.25, -0.2) is 0 Å². The van der Waals surface area contributed by atoms with E-state index in [2.05, 4.69) is 0 Å². The van der Waals surface area contributed by atoms with E-state index >= 15 is 0 Å². The Labute approximate surface area is 94.1 Å². The Hall–Kier alpha value is -1.28. The summed E-state index contributed by atoms with van der Waals surface area (Å²) in [5.74, 6) is 1.74. The van der Waals surface area contributed by atoms with E-state index in [1.807, 2.05) is 60.7 Å². The predicted molar refractivity (Wildman–Crippen MR) is 63.3 cm³/mol. The van der Waals surface area contributed by atoms with Gasteiger partial charge in [-0.3, -0.25) is 0 Å². The molecule has 0 aliphatic heterocycles. The smallest absolute Gasteiger partial charge is 0.127 e. The van der Waals surface area contributed by atoms with Gasteiger partial charge in [0.15, 0.2) is 0 Å². The van der Waals surface area contributed by atoms with Gasteiger partial charge in [-0.1, -0.05) is 36.4 Å². The normalized spacial score (nSPS) is 8.86. The van der Waals surface area contributed by atoms with Crippen molar-refractivity contribution in [3.05, 3.63) is 60.7 Å². The maximum Gasteiger partial charge on any atom is 0.127 e. The molecule has 72 valence electrons. The summed E-state index contributed by atoms with van der Waals surface area (Å²) in [5.41, 5.74) is 0. The molecular formula is C12H11BrO. The Morgan fingerprint density at radius 3 is 1.29 bits per heavy atom. The fraction of sp³-hybridized carbons (Fsp3) is 0. The first-order valence-corrected chi connectivity index (χ1v) is 4.23. The van der Waals surface area contributed by atoms with Gasteiger partial charge in [0.1, 0.15) is 11.5 Å². The van der Waals surface area contributed by atoms with Crippen LogP contribution < -0.4 is 4.74 Å². The second-order valence-electron chi connectivity index (χ2n) is 2.73. The Morgan fingerprint density at radius 1 is 0.571 bits per heavy atom. The van der Waals surface area contributed by atoms with Gasteiger partial charge in [0.2, 0.25) is 0 Å². The Morgan fingerprint density at radius 2 is 0.929 bits per heavy atom. The zero-order valence-electron chi connectivity index (χ0n) is 7.59. The zero-order valence-corrected chi connectivity index (χ0v) is 9.30. The molecule has 0 fully saturated rings. The molecule has 2 aromatic carbocycles. The Kier molecular flexibility index (Phi) is 4.20. The lowest BCUT2D eigenvalue weighted by Crippen LogP contribution is -1.81. The average molecular weight is 251 g/mol. The van der Waals surface area contributed by atoms with Gasteiger partial charge in [-0.15, -0.1) is 17.0 Å². The first-order valence-electron chi connectivity index (χ1n) is 4.23. The SMILES string of the molecule is Br.c1ccc(Oc2ccccc2)cc1. The van der Waals surface area contributed by atoms with E-state index in [4.69, 9.17) is 4.74 Å². The van der Waals surface area contributed by atoms with Crippen molar-refractivity contribution in [2.24, 2.45) is 0 Å². The van der Waals surface area contributed by atoms with E-state index in [-0.39, 0.29) is 17.0 Å². The lowest BCUT2D eigenvalue weighted by atomic mass is 10.3. The van der Waals surface area contributed by atoms with Crippen LogP contribution in [0.4, 0.5) is 0 Å². The largest absolute Gasteiger partial charge is 0.457 e. The van der Waals surface area contributed by atoms with Crippen LogP contribution in [0.2, 0.25) is 0 Å². The van der Waals surface area contributed by atoms with E-state index in [1.54, 1.807) is 0 Å². The molecule has 2 aromatic rings. The van der Waals surface area contributed by atoms with Gasteiger partial charge in [-0.05, 0) is 24.3 Å². The van der Waals surface area contributed by atoms with Crippen LogP contribution in [0.5, 0.6) is 11.5 Å². The van der Waals surface area contributed by atoms with Gasteiger partial charge in [-0.2, -0.15) is 0 Å². The molecule has 2 rings (SSSR count). The molecule has 0 radical (unpaired) electrons. The summed E-state index contributed by atoms with van der Waals surface area (Å²) in [5, 5.41) is 0. The molecule has 0 aliphatic rings. The van der Waals surface area contributed by atoms with Crippen molar-refractivity contribution in [1.29, 1.82) is 0 Å². The topological polar surface area (TPSA) is 9.23 Å². The second-order valence-corrected chi connectivity index (χ2v) is 2.73. The lowest BCUT2D eigenvalue weighted by Gasteiger charge is -2.03. The Bertz CT molecular complexity index is 321. The number of halogens is 1. The summed E-state index contributed by atoms with van der Waals surface area (Å²) >= 11 is 0. The van der Waals surface area contributed by atoms with Crippen molar-refractivity contribution in [3.63, 3.8) is 0 Å². The summed E-state index contributed by atoms with van der Waals surface area (Å²) in [6.07, 6.45) is 0. The highest BCUT2D eigenvalue weighted by molar-refractivity contribution is 8.93. The average Bonchev–Trinajstić information content (AvgIpc) is 2.21. The molecule has 0 N–H and O–H groups in total. The van der Waals surface area contributed by atoms with Crippen LogP contribution in [0.3, 0.4) is 0 Å². The monoisotopic (exact) mass is 250 g/mol. The minimum absolute atomic E-state index is 0. The van der Waals surface area contributed by atoms with Gasteiger partial charge in [0, 0.05) is 0 Å². The van der Waals surface area contributed by atoms with Gasteiger partial charge < -0.3 is 4.74 Å². The van der Waals surface area contributed by atoms with Crippen LogP contribution in [-0.4, -0.2) is 0 Å². The van der Waals surface area contributed by atoms with E-state index < -0.39 is 0 Å².